The minimum Gasteiger partial charge on any atom is -0.310 e. The van der Waals surface area contributed by atoms with E-state index in [-0.39, 0.29) is 6.71 Å². The van der Waals surface area contributed by atoms with E-state index in [0.29, 0.717) is 0 Å². The van der Waals surface area contributed by atoms with Crippen molar-refractivity contribution < 1.29 is 0 Å². The van der Waals surface area contributed by atoms with Crippen LogP contribution in [0, 0.1) is 0 Å². The highest BCUT2D eigenvalue weighted by Gasteiger charge is 2.41. The van der Waals surface area contributed by atoms with Crippen molar-refractivity contribution in [3.05, 3.63) is 176 Å². The summed E-state index contributed by atoms with van der Waals surface area (Å²) in [5.41, 5.74) is 16.8. The van der Waals surface area contributed by atoms with E-state index in [1.165, 1.54) is 115 Å². The second kappa shape index (κ2) is 9.94. The highest BCUT2D eigenvalue weighted by molar-refractivity contribution is 7.00. The average molecular weight is 669 g/mol. The number of nitrogens with zero attached hydrogens (tertiary/aromatic N) is 2. The quantitative estimate of drug-likeness (QED) is 0.162. The van der Waals surface area contributed by atoms with Gasteiger partial charge in [0.2, 0.25) is 0 Å². The zero-order valence-electron chi connectivity index (χ0n) is 28.7. The molecule has 0 radical (unpaired) electrons. The van der Waals surface area contributed by atoms with Crippen LogP contribution in [0.25, 0.3) is 98.8 Å². The first-order valence-electron chi connectivity index (χ1n) is 18.6. The van der Waals surface area contributed by atoms with Crippen LogP contribution in [0.2, 0.25) is 0 Å². The maximum Gasteiger partial charge on any atom is 0.252 e. The molecule has 9 aromatic carbocycles. The van der Waals surface area contributed by atoms with Crippen LogP contribution in [0.1, 0.15) is 0 Å². The van der Waals surface area contributed by atoms with Crippen molar-refractivity contribution in [2.75, 3.05) is 0 Å². The fourth-order valence-corrected chi connectivity index (χ4v) is 10.0. The molecule has 2 aromatic heterocycles. The highest BCUT2D eigenvalue weighted by Crippen LogP contribution is 2.43. The summed E-state index contributed by atoms with van der Waals surface area (Å²) in [5.74, 6) is 0. The first-order valence-corrected chi connectivity index (χ1v) is 18.6. The van der Waals surface area contributed by atoms with Crippen LogP contribution in [0.4, 0.5) is 0 Å². The Bertz CT molecular complexity index is 3220. The van der Waals surface area contributed by atoms with Gasteiger partial charge in [-0.3, -0.25) is 0 Å². The first-order chi connectivity index (χ1) is 26.3. The predicted molar refractivity (Wildman–Crippen MR) is 226 cm³/mol. The topological polar surface area (TPSA) is 9.86 Å². The molecule has 0 spiro atoms. The Labute approximate surface area is 305 Å². The summed E-state index contributed by atoms with van der Waals surface area (Å²) in [6.07, 6.45) is 0. The van der Waals surface area contributed by atoms with Gasteiger partial charge < -0.3 is 9.13 Å². The minimum atomic E-state index is 0.100. The van der Waals surface area contributed by atoms with Gasteiger partial charge in [0.25, 0.3) is 6.71 Å². The van der Waals surface area contributed by atoms with E-state index < -0.39 is 0 Å². The molecule has 0 atom stereocenters. The van der Waals surface area contributed by atoms with Crippen molar-refractivity contribution in [1.82, 2.24) is 9.13 Å². The van der Waals surface area contributed by atoms with Crippen LogP contribution in [-0.4, -0.2) is 15.8 Å². The third kappa shape index (κ3) is 3.54. The molecular weight excluding hydrogens is 639 g/mol. The standard InChI is InChI=1S/C50H29BN2/c1-2-12-30(13-3-1)36-18-8-9-19-37(36)35-28-46-48-47(29-35)53-45-27-34-17-7-5-15-32(34)25-41(45)39-21-11-23-43(50(39)53)51(48)42-22-10-20-38-40-24-31-14-4-6-16-33(31)26-44(40)52(46)49(38)42/h1-29H. The fraction of sp³-hybridized carbons (Fsp3) is 0. The monoisotopic (exact) mass is 668 g/mol. The second-order valence-corrected chi connectivity index (χ2v) is 14.9. The summed E-state index contributed by atoms with van der Waals surface area (Å²) in [4.78, 5) is 0. The van der Waals surface area contributed by atoms with E-state index in [1.54, 1.807) is 0 Å². The first kappa shape index (κ1) is 27.8. The summed E-state index contributed by atoms with van der Waals surface area (Å²) >= 11 is 0. The van der Waals surface area contributed by atoms with Gasteiger partial charge in [-0.25, -0.2) is 0 Å². The van der Waals surface area contributed by atoms with Gasteiger partial charge in [0.1, 0.15) is 0 Å². The van der Waals surface area contributed by atoms with Crippen LogP contribution >= 0.6 is 0 Å². The molecule has 0 saturated heterocycles. The molecule has 53 heavy (non-hydrogen) atoms. The van der Waals surface area contributed by atoms with Gasteiger partial charge in [-0.15, -0.1) is 0 Å². The Morgan fingerprint density at radius 1 is 0.340 bits per heavy atom. The number of para-hydroxylation sites is 2. The van der Waals surface area contributed by atoms with Crippen LogP contribution < -0.4 is 16.4 Å². The SMILES string of the molecule is c1ccc(-c2ccccc2-c2cc3c4c(c2)-n2c5cc6ccccc6cc5c5cccc(c52)B4c2cccc4c5cc6ccccc6cc5n-3c24)cc1. The lowest BCUT2D eigenvalue weighted by Crippen LogP contribution is -2.59. The largest absolute Gasteiger partial charge is 0.310 e. The van der Waals surface area contributed by atoms with Crippen molar-refractivity contribution in [3.63, 3.8) is 0 Å². The van der Waals surface area contributed by atoms with Crippen molar-refractivity contribution in [3.8, 4) is 33.6 Å². The molecule has 13 rings (SSSR count). The van der Waals surface area contributed by atoms with Gasteiger partial charge >= 0.3 is 0 Å². The maximum atomic E-state index is 2.60. The van der Waals surface area contributed by atoms with Gasteiger partial charge in [-0.2, -0.15) is 0 Å². The van der Waals surface area contributed by atoms with Crippen LogP contribution in [0.5, 0.6) is 0 Å². The number of benzene rings is 9. The van der Waals surface area contributed by atoms with Crippen LogP contribution in [-0.2, 0) is 0 Å². The summed E-state index contributed by atoms with van der Waals surface area (Å²) in [6, 6.07) is 66.0. The predicted octanol–water partition coefficient (Wildman–Crippen LogP) is 10.7. The molecule has 2 aliphatic heterocycles. The normalized spacial score (nSPS) is 12.9. The molecule has 0 amide bonds. The zero-order chi connectivity index (χ0) is 34.4. The minimum absolute atomic E-state index is 0.100. The average Bonchev–Trinajstić information content (AvgIpc) is 3.72. The van der Waals surface area contributed by atoms with E-state index in [2.05, 4.69) is 185 Å². The summed E-state index contributed by atoms with van der Waals surface area (Å²) in [5, 5.41) is 10.3. The molecule has 2 aliphatic rings. The van der Waals surface area contributed by atoms with Crippen molar-refractivity contribution in [2.45, 2.75) is 0 Å². The molecule has 3 heteroatoms. The van der Waals surface area contributed by atoms with Crippen LogP contribution in [0.3, 0.4) is 0 Å². The van der Waals surface area contributed by atoms with Gasteiger partial charge in [-0.1, -0.05) is 140 Å². The number of hydrogen-bond donors (Lipinski definition) is 0. The van der Waals surface area contributed by atoms with Crippen molar-refractivity contribution in [2.24, 2.45) is 0 Å². The molecule has 11 aromatic rings. The Balaban J connectivity index is 1.25. The molecule has 4 heterocycles. The van der Waals surface area contributed by atoms with E-state index >= 15 is 0 Å². The van der Waals surface area contributed by atoms with E-state index in [4.69, 9.17) is 0 Å². The Kier molecular flexibility index (Phi) is 5.22. The second-order valence-electron chi connectivity index (χ2n) is 14.9. The van der Waals surface area contributed by atoms with Crippen molar-refractivity contribution in [1.29, 1.82) is 0 Å². The lowest BCUT2D eigenvalue weighted by atomic mass is 9.34. The molecule has 242 valence electrons. The number of hydrogen-bond acceptors (Lipinski definition) is 0. The molecule has 0 fully saturated rings. The molecule has 0 unspecified atom stereocenters. The summed E-state index contributed by atoms with van der Waals surface area (Å²) in [6.45, 7) is 0.100. The Hall–Kier alpha value is -6.84. The zero-order valence-corrected chi connectivity index (χ0v) is 28.7. The fourth-order valence-electron chi connectivity index (χ4n) is 10.0. The Morgan fingerprint density at radius 2 is 0.792 bits per heavy atom. The summed E-state index contributed by atoms with van der Waals surface area (Å²) < 4.78 is 5.20. The lowest BCUT2D eigenvalue weighted by molar-refractivity contribution is 1.15. The summed E-state index contributed by atoms with van der Waals surface area (Å²) in [7, 11) is 0. The van der Waals surface area contributed by atoms with Crippen molar-refractivity contribution >= 4 is 88.3 Å². The number of rotatable bonds is 2. The Morgan fingerprint density at radius 3 is 1.32 bits per heavy atom. The molecule has 2 nitrogen and oxygen atoms in total. The van der Waals surface area contributed by atoms with E-state index in [9.17, 15) is 0 Å². The third-order valence-electron chi connectivity index (χ3n) is 12.2. The van der Waals surface area contributed by atoms with E-state index in [0.717, 1.165) is 0 Å². The smallest absolute Gasteiger partial charge is 0.252 e. The number of fused-ring (bicyclic) bond motifs is 12. The molecule has 0 saturated carbocycles. The molecule has 0 bridgehead atoms. The molecular formula is C50H29BN2. The van der Waals surface area contributed by atoms with Gasteiger partial charge in [0.15, 0.2) is 0 Å². The van der Waals surface area contributed by atoms with Crippen LogP contribution in [0.15, 0.2) is 176 Å². The highest BCUT2D eigenvalue weighted by atomic mass is 15.0. The molecule has 0 N–H and O–H groups in total. The van der Waals surface area contributed by atoms with Gasteiger partial charge in [0, 0.05) is 44.0 Å². The number of aromatic nitrogens is 2. The van der Waals surface area contributed by atoms with E-state index in [1.807, 2.05) is 0 Å². The lowest BCUT2D eigenvalue weighted by Gasteiger charge is -2.34. The molecule has 0 aliphatic carbocycles. The van der Waals surface area contributed by atoms with Gasteiger partial charge in [0.05, 0.1) is 11.0 Å². The maximum absolute atomic E-state index is 2.60. The third-order valence-corrected chi connectivity index (χ3v) is 12.2. The van der Waals surface area contributed by atoms with Gasteiger partial charge in [-0.05, 0) is 96.6 Å².